The fraction of sp³-hybridized carbons (Fsp3) is 0.542. The van der Waals surface area contributed by atoms with Crippen molar-refractivity contribution in [2.75, 3.05) is 6.54 Å². The van der Waals surface area contributed by atoms with E-state index in [0.29, 0.717) is 12.5 Å². The molecule has 4 rings (SSSR count). The van der Waals surface area contributed by atoms with Crippen molar-refractivity contribution in [3.63, 3.8) is 0 Å². The molecule has 29 heavy (non-hydrogen) atoms. The standard InChI is InChI=1S/C24H31NO3S/c1-14(2)17-6-4-5-7-20(17)28-21-10-9-19(24(21)27)25-13-16-8-11-22-18(23(16)26)12-15(3)29-22/h4-7,12,14,16,19,21,24-25,27H,8-11,13H2,1-3H3/t16?,19-,21-,24-/m1/s1. The van der Waals surface area contributed by atoms with Crippen LogP contribution in [0, 0.1) is 12.8 Å². The van der Waals surface area contributed by atoms with E-state index < -0.39 is 6.10 Å². The third-order valence-electron chi connectivity index (χ3n) is 6.29. The van der Waals surface area contributed by atoms with E-state index in [4.69, 9.17) is 4.74 Å². The molecule has 1 saturated carbocycles. The van der Waals surface area contributed by atoms with E-state index in [2.05, 4.69) is 32.2 Å². The number of hydrogen-bond donors (Lipinski definition) is 2. The van der Waals surface area contributed by atoms with Crippen LogP contribution in [0.2, 0.25) is 0 Å². The molecule has 2 aromatic rings. The smallest absolute Gasteiger partial charge is 0.168 e. The largest absolute Gasteiger partial charge is 0.487 e. The molecule has 0 spiro atoms. The van der Waals surface area contributed by atoms with Crippen LogP contribution in [-0.2, 0) is 6.42 Å². The summed E-state index contributed by atoms with van der Waals surface area (Å²) in [6.45, 7) is 7.00. The topological polar surface area (TPSA) is 58.6 Å². The number of aliphatic hydroxyl groups is 1. The van der Waals surface area contributed by atoms with Crippen LogP contribution in [0.15, 0.2) is 30.3 Å². The fourth-order valence-electron chi connectivity index (χ4n) is 4.63. The van der Waals surface area contributed by atoms with Crippen LogP contribution in [0.5, 0.6) is 5.75 Å². The van der Waals surface area contributed by atoms with Crippen molar-refractivity contribution < 1.29 is 14.6 Å². The summed E-state index contributed by atoms with van der Waals surface area (Å²) in [4.78, 5) is 15.3. The number of aliphatic hydroxyl groups excluding tert-OH is 1. The molecule has 1 unspecified atom stereocenters. The summed E-state index contributed by atoms with van der Waals surface area (Å²) in [5, 5.41) is 14.3. The molecule has 0 amide bonds. The molecular formula is C24H31NO3S. The SMILES string of the molecule is Cc1cc2c(s1)CCC(CN[C@@H]1CC[C@@H](Oc3ccccc3C(C)C)[C@@H]1O)C2=O. The molecule has 0 radical (unpaired) electrons. The number of ether oxygens (including phenoxy) is 1. The minimum Gasteiger partial charge on any atom is -0.487 e. The molecule has 4 atom stereocenters. The minimum atomic E-state index is -0.562. The molecule has 156 valence electrons. The molecule has 2 N–H and O–H groups in total. The normalized spacial score (nSPS) is 26.7. The number of benzene rings is 1. The number of thiophene rings is 1. The number of nitrogens with one attached hydrogen (secondary N) is 1. The maximum absolute atomic E-state index is 12.8. The molecule has 5 heteroatoms. The predicted octanol–water partition coefficient (Wildman–Crippen LogP) is 4.49. The van der Waals surface area contributed by atoms with Gasteiger partial charge in [-0.2, -0.15) is 0 Å². The van der Waals surface area contributed by atoms with Crippen LogP contribution in [0.3, 0.4) is 0 Å². The van der Waals surface area contributed by atoms with Crippen LogP contribution in [0.1, 0.15) is 64.7 Å². The highest BCUT2D eigenvalue weighted by molar-refractivity contribution is 7.12. The Kier molecular flexibility index (Phi) is 6.09. The second-order valence-electron chi connectivity index (χ2n) is 8.73. The molecule has 1 fully saturated rings. The van der Waals surface area contributed by atoms with Gasteiger partial charge in [0.05, 0.1) is 0 Å². The summed E-state index contributed by atoms with van der Waals surface area (Å²) in [6, 6.07) is 10.1. The van der Waals surface area contributed by atoms with Crippen molar-refractivity contribution in [2.24, 2.45) is 5.92 Å². The van der Waals surface area contributed by atoms with Crippen molar-refractivity contribution in [2.45, 2.75) is 70.6 Å². The zero-order chi connectivity index (χ0) is 20.5. The van der Waals surface area contributed by atoms with Crippen LogP contribution >= 0.6 is 11.3 Å². The summed E-state index contributed by atoms with van der Waals surface area (Å²) in [5.74, 6) is 1.51. The second kappa shape index (κ2) is 8.58. The molecule has 1 aromatic heterocycles. The molecule has 2 aliphatic rings. The van der Waals surface area contributed by atoms with Crippen molar-refractivity contribution in [1.29, 1.82) is 0 Å². The van der Waals surface area contributed by atoms with Gasteiger partial charge in [-0.15, -0.1) is 11.3 Å². The number of carbonyl (C=O) groups is 1. The Balaban J connectivity index is 1.34. The van der Waals surface area contributed by atoms with E-state index >= 15 is 0 Å². The molecule has 1 heterocycles. The Labute approximate surface area is 177 Å². The van der Waals surface area contributed by atoms with Gasteiger partial charge in [0, 0.05) is 33.8 Å². The number of aryl methyl sites for hydroxylation is 2. The number of fused-ring (bicyclic) bond motifs is 1. The summed E-state index contributed by atoms with van der Waals surface area (Å²) in [5.41, 5.74) is 2.09. The van der Waals surface area contributed by atoms with Gasteiger partial charge >= 0.3 is 0 Å². The first-order valence-electron chi connectivity index (χ1n) is 10.7. The van der Waals surface area contributed by atoms with Crippen LogP contribution in [0.4, 0.5) is 0 Å². The van der Waals surface area contributed by atoms with E-state index in [9.17, 15) is 9.90 Å². The van der Waals surface area contributed by atoms with Gasteiger partial charge in [0.1, 0.15) is 18.0 Å². The lowest BCUT2D eigenvalue weighted by molar-refractivity contribution is 0.0435. The van der Waals surface area contributed by atoms with Crippen molar-refractivity contribution >= 4 is 17.1 Å². The molecule has 2 aliphatic carbocycles. The van der Waals surface area contributed by atoms with Gasteiger partial charge in [0.2, 0.25) is 0 Å². The van der Waals surface area contributed by atoms with Gasteiger partial charge in [-0.25, -0.2) is 0 Å². The van der Waals surface area contributed by atoms with E-state index in [1.807, 2.05) is 24.3 Å². The molecule has 4 nitrogen and oxygen atoms in total. The van der Waals surface area contributed by atoms with Crippen LogP contribution in [-0.4, -0.2) is 35.7 Å². The van der Waals surface area contributed by atoms with E-state index in [1.54, 1.807) is 11.3 Å². The Morgan fingerprint density at radius 3 is 2.83 bits per heavy atom. The van der Waals surface area contributed by atoms with Crippen molar-refractivity contribution in [1.82, 2.24) is 5.32 Å². The average Bonchev–Trinajstić information content (AvgIpc) is 3.25. The third kappa shape index (κ3) is 4.27. The third-order valence-corrected chi connectivity index (χ3v) is 7.40. The van der Waals surface area contributed by atoms with Crippen LogP contribution < -0.4 is 10.1 Å². The van der Waals surface area contributed by atoms with E-state index in [1.165, 1.54) is 15.3 Å². The fourth-order valence-corrected chi connectivity index (χ4v) is 5.68. The second-order valence-corrected chi connectivity index (χ2v) is 10.1. The van der Waals surface area contributed by atoms with Crippen molar-refractivity contribution in [3.8, 4) is 5.75 Å². The summed E-state index contributed by atoms with van der Waals surface area (Å²) < 4.78 is 6.22. The first-order chi connectivity index (χ1) is 13.9. The Morgan fingerprint density at radius 2 is 2.03 bits per heavy atom. The molecule has 0 bridgehead atoms. The first kappa shape index (κ1) is 20.6. The lowest BCUT2D eigenvalue weighted by Crippen LogP contribution is -2.44. The van der Waals surface area contributed by atoms with Crippen molar-refractivity contribution in [3.05, 3.63) is 51.2 Å². The number of Topliss-reactive ketones (excluding diaryl/α,β-unsaturated/α-hetero) is 1. The van der Waals surface area contributed by atoms with Gasteiger partial charge in [-0.1, -0.05) is 32.0 Å². The maximum Gasteiger partial charge on any atom is 0.168 e. The van der Waals surface area contributed by atoms with E-state index in [-0.39, 0.29) is 23.8 Å². The van der Waals surface area contributed by atoms with Crippen LogP contribution in [0.25, 0.3) is 0 Å². The quantitative estimate of drug-likeness (QED) is 0.733. The highest BCUT2D eigenvalue weighted by Crippen LogP contribution is 2.33. The highest BCUT2D eigenvalue weighted by atomic mass is 32.1. The first-order valence-corrected chi connectivity index (χ1v) is 11.6. The van der Waals surface area contributed by atoms with Gasteiger partial charge in [-0.3, -0.25) is 4.79 Å². The monoisotopic (exact) mass is 413 g/mol. The number of ketones is 1. The van der Waals surface area contributed by atoms with Gasteiger partial charge in [0.15, 0.2) is 5.78 Å². The molecule has 0 aliphatic heterocycles. The lowest BCUT2D eigenvalue weighted by Gasteiger charge is -2.26. The highest BCUT2D eigenvalue weighted by Gasteiger charge is 2.37. The van der Waals surface area contributed by atoms with Gasteiger partial charge in [-0.05, 0) is 56.2 Å². The maximum atomic E-state index is 12.8. The molecular weight excluding hydrogens is 382 g/mol. The summed E-state index contributed by atoms with van der Waals surface area (Å²) >= 11 is 1.75. The zero-order valence-corrected chi connectivity index (χ0v) is 18.3. The zero-order valence-electron chi connectivity index (χ0n) is 17.5. The number of carbonyl (C=O) groups excluding carboxylic acids is 1. The Morgan fingerprint density at radius 1 is 1.24 bits per heavy atom. The van der Waals surface area contributed by atoms with Gasteiger partial charge < -0.3 is 15.2 Å². The average molecular weight is 414 g/mol. The number of hydrogen-bond acceptors (Lipinski definition) is 5. The summed E-state index contributed by atoms with van der Waals surface area (Å²) in [6.07, 6.45) is 2.78. The van der Waals surface area contributed by atoms with E-state index in [0.717, 1.165) is 37.0 Å². The Bertz CT molecular complexity index is 875. The predicted molar refractivity (Wildman–Crippen MR) is 117 cm³/mol. The summed E-state index contributed by atoms with van der Waals surface area (Å²) in [7, 11) is 0. The van der Waals surface area contributed by atoms with Gasteiger partial charge in [0.25, 0.3) is 0 Å². The molecule has 1 aromatic carbocycles. The molecule has 0 saturated heterocycles. The number of para-hydroxylation sites is 1. The number of rotatable bonds is 6. The lowest BCUT2D eigenvalue weighted by atomic mass is 9.87. The Hall–Kier alpha value is -1.69. The minimum absolute atomic E-state index is 0.00494.